The highest BCUT2D eigenvalue weighted by Crippen LogP contribution is 2.11. The monoisotopic (exact) mass is 265 g/mol. The Hall–Kier alpha value is -1.62. The predicted octanol–water partition coefficient (Wildman–Crippen LogP) is 1.61. The summed E-state index contributed by atoms with van der Waals surface area (Å²) in [4.78, 5) is 16.0. The predicted molar refractivity (Wildman–Crippen MR) is 74.7 cm³/mol. The number of amides is 1. The molecule has 0 aliphatic carbocycles. The lowest BCUT2D eigenvalue weighted by molar-refractivity contribution is -0.127. The normalized spacial score (nSPS) is 13.7. The molecular weight excluding hydrogens is 242 g/mol. The number of pyridine rings is 1. The lowest BCUT2D eigenvalue weighted by Crippen LogP contribution is -2.41. The summed E-state index contributed by atoms with van der Waals surface area (Å²) >= 11 is 0. The first-order valence-corrected chi connectivity index (χ1v) is 6.68. The Labute approximate surface area is 114 Å². The van der Waals surface area contributed by atoms with Crippen molar-refractivity contribution in [1.29, 1.82) is 0 Å². The smallest absolute Gasteiger partial charge is 0.260 e. The summed E-state index contributed by atoms with van der Waals surface area (Å²) < 4.78 is 5.54. The van der Waals surface area contributed by atoms with E-state index in [1.54, 1.807) is 25.3 Å². The number of nitrogens with one attached hydrogen (secondary N) is 1. The van der Waals surface area contributed by atoms with Crippen LogP contribution in [0.2, 0.25) is 0 Å². The SMILES string of the molecule is CCCC(C)NC(=O)C(C)Oc1ccc(CN)nc1. The summed E-state index contributed by atoms with van der Waals surface area (Å²) in [6, 6.07) is 3.73. The fraction of sp³-hybridized carbons (Fsp3) is 0.571. The maximum absolute atomic E-state index is 11.9. The van der Waals surface area contributed by atoms with Gasteiger partial charge in [0.2, 0.25) is 0 Å². The number of carbonyl (C=O) groups is 1. The maximum atomic E-state index is 11.9. The molecule has 5 heteroatoms. The molecule has 0 bridgehead atoms. The molecule has 19 heavy (non-hydrogen) atoms. The number of nitrogens with zero attached hydrogens (tertiary/aromatic N) is 1. The van der Waals surface area contributed by atoms with Crippen LogP contribution in [0.3, 0.4) is 0 Å². The second-order valence-electron chi connectivity index (χ2n) is 4.65. The standard InChI is InChI=1S/C14H23N3O2/c1-4-5-10(2)17-14(18)11(3)19-13-7-6-12(8-15)16-9-13/h6-7,9-11H,4-5,8,15H2,1-3H3,(H,17,18). The lowest BCUT2D eigenvalue weighted by Gasteiger charge is -2.18. The summed E-state index contributed by atoms with van der Waals surface area (Å²) in [5.74, 6) is 0.465. The topological polar surface area (TPSA) is 77.2 Å². The Morgan fingerprint density at radius 1 is 1.47 bits per heavy atom. The third kappa shape index (κ3) is 5.26. The first-order chi connectivity index (χ1) is 9.06. The molecule has 0 fully saturated rings. The van der Waals surface area contributed by atoms with Crippen molar-refractivity contribution >= 4 is 5.91 Å². The Bertz CT molecular complexity index is 392. The molecule has 1 heterocycles. The van der Waals surface area contributed by atoms with Crippen molar-refractivity contribution in [2.75, 3.05) is 0 Å². The minimum Gasteiger partial charge on any atom is -0.479 e. The van der Waals surface area contributed by atoms with E-state index in [0.717, 1.165) is 18.5 Å². The van der Waals surface area contributed by atoms with E-state index in [-0.39, 0.29) is 11.9 Å². The molecular formula is C14H23N3O2. The van der Waals surface area contributed by atoms with E-state index in [2.05, 4.69) is 17.2 Å². The zero-order chi connectivity index (χ0) is 14.3. The van der Waals surface area contributed by atoms with Crippen LogP contribution < -0.4 is 15.8 Å². The van der Waals surface area contributed by atoms with Crippen molar-refractivity contribution in [3.63, 3.8) is 0 Å². The van der Waals surface area contributed by atoms with Gasteiger partial charge in [-0.05, 0) is 32.4 Å². The van der Waals surface area contributed by atoms with E-state index in [0.29, 0.717) is 12.3 Å². The quantitative estimate of drug-likeness (QED) is 0.785. The van der Waals surface area contributed by atoms with Crippen LogP contribution >= 0.6 is 0 Å². The highest BCUT2D eigenvalue weighted by molar-refractivity contribution is 5.80. The van der Waals surface area contributed by atoms with Crippen molar-refractivity contribution in [2.45, 2.75) is 52.3 Å². The number of carbonyl (C=O) groups excluding carboxylic acids is 1. The molecule has 106 valence electrons. The molecule has 5 nitrogen and oxygen atoms in total. The number of nitrogens with two attached hydrogens (primary N) is 1. The van der Waals surface area contributed by atoms with E-state index in [9.17, 15) is 4.79 Å². The van der Waals surface area contributed by atoms with Crippen molar-refractivity contribution in [3.8, 4) is 5.75 Å². The van der Waals surface area contributed by atoms with Gasteiger partial charge in [0.1, 0.15) is 5.75 Å². The van der Waals surface area contributed by atoms with Crippen LogP contribution in [0.5, 0.6) is 5.75 Å². The summed E-state index contributed by atoms with van der Waals surface area (Å²) in [5.41, 5.74) is 6.26. The molecule has 1 rings (SSSR count). The average molecular weight is 265 g/mol. The van der Waals surface area contributed by atoms with Crippen molar-refractivity contribution in [2.24, 2.45) is 5.73 Å². The molecule has 1 amide bonds. The number of hydrogen-bond acceptors (Lipinski definition) is 4. The number of aromatic nitrogens is 1. The second-order valence-corrected chi connectivity index (χ2v) is 4.65. The average Bonchev–Trinajstić information content (AvgIpc) is 2.39. The maximum Gasteiger partial charge on any atom is 0.260 e. The fourth-order valence-electron chi connectivity index (χ4n) is 1.72. The van der Waals surface area contributed by atoms with Crippen LogP contribution in [0.15, 0.2) is 18.3 Å². The van der Waals surface area contributed by atoms with Gasteiger partial charge in [-0.3, -0.25) is 9.78 Å². The number of hydrogen-bond donors (Lipinski definition) is 2. The highest BCUT2D eigenvalue weighted by atomic mass is 16.5. The molecule has 0 saturated heterocycles. The van der Waals surface area contributed by atoms with Gasteiger partial charge in [-0.1, -0.05) is 13.3 Å². The molecule has 1 aromatic rings. The molecule has 2 atom stereocenters. The molecule has 0 aromatic carbocycles. The van der Waals surface area contributed by atoms with Gasteiger partial charge in [-0.2, -0.15) is 0 Å². The van der Waals surface area contributed by atoms with E-state index >= 15 is 0 Å². The van der Waals surface area contributed by atoms with Gasteiger partial charge in [0.05, 0.1) is 11.9 Å². The Kier molecular flexibility index (Phi) is 6.29. The molecule has 0 aliphatic rings. The summed E-state index contributed by atoms with van der Waals surface area (Å²) in [6.07, 6.45) is 3.05. The van der Waals surface area contributed by atoms with Crippen LogP contribution in [0.4, 0.5) is 0 Å². The van der Waals surface area contributed by atoms with Gasteiger partial charge in [0.25, 0.3) is 5.91 Å². The van der Waals surface area contributed by atoms with Crippen LogP contribution in [0.25, 0.3) is 0 Å². The largest absolute Gasteiger partial charge is 0.479 e. The zero-order valence-corrected chi connectivity index (χ0v) is 11.8. The van der Waals surface area contributed by atoms with Crippen molar-refractivity contribution in [3.05, 3.63) is 24.0 Å². The first-order valence-electron chi connectivity index (χ1n) is 6.68. The molecule has 1 aromatic heterocycles. The van der Waals surface area contributed by atoms with Crippen LogP contribution in [-0.4, -0.2) is 23.0 Å². The molecule has 0 spiro atoms. The molecule has 0 saturated carbocycles. The van der Waals surface area contributed by atoms with Gasteiger partial charge < -0.3 is 15.8 Å². The Balaban J connectivity index is 2.48. The van der Waals surface area contributed by atoms with E-state index in [4.69, 9.17) is 10.5 Å². The van der Waals surface area contributed by atoms with E-state index in [1.807, 2.05) is 6.92 Å². The van der Waals surface area contributed by atoms with Crippen molar-refractivity contribution < 1.29 is 9.53 Å². The highest BCUT2D eigenvalue weighted by Gasteiger charge is 2.16. The van der Waals surface area contributed by atoms with Gasteiger partial charge in [-0.25, -0.2) is 0 Å². The third-order valence-electron chi connectivity index (χ3n) is 2.80. The van der Waals surface area contributed by atoms with Gasteiger partial charge in [0, 0.05) is 12.6 Å². The summed E-state index contributed by atoms with van der Waals surface area (Å²) in [7, 11) is 0. The van der Waals surface area contributed by atoms with E-state index in [1.165, 1.54) is 0 Å². The minimum absolute atomic E-state index is 0.108. The van der Waals surface area contributed by atoms with Gasteiger partial charge in [-0.15, -0.1) is 0 Å². The zero-order valence-electron chi connectivity index (χ0n) is 11.8. The van der Waals surface area contributed by atoms with Crippen LogP contribution in [0.1, 0.15) is 39.3 Å². The summed E-state index contributed by atoms with van der Waals surface area (Å²) in [5, 5.41) is 2.92. The Morgan fingerprint density at radius 2 is 2.21 bits per heavy atom. The minimum atomic E-state index is -0.537. The second kappa shape index (κ2) is 7.74. The van der Waals surface area contributed by atoms with Crippen molar-refractivity contribution in [1.82, 2.24) is 10.3 Å². The number of rotatable bonds is 7. The van der Waals surface area contributed by atoms with Crippen LogP contribution in [-0.2, 0) is 11.3 Å². The number of ether oxygens (including phenoxy) is 1. The van der Waals surface area contributed by atoms with E-state index < -0.39 is 6.10 Å². The molecule has 3 N–H and O–H groups in total. The molecule has 0 radical (unpaired) electrons. The van der Waals surface area contributed by atoms with Gasteiger partial charge in [0.15, 0.2) is 6.10 Å². The van der Waals surface area contributed by atoms with Gasteiger partial charge >= 0.3 is 0 Å². The lowest BCUT2D eigenvalue weighted by atomic mass is 10.2. The summed E-state index contributed by atoms with van der Waals surface area (Å²) in [6.45, 7) is 6.20. The molecule has 2 unspecified atom stereocenters. The van der Waals surface area contributed by atoms with Crippen LogP contribution in [0, 0.1) is 0 Å². The fourth-order valence-corrected chi connectivity index (χ4v) is 1.72. The molecule has 0 aliphatic heterocycles. The first kappa shape index (κ1) is 15.4. The Morgan fingerprint density at radius 3 is 2.74 bits per heavy atom. The third-order valence-corrected chi connectivity index (χ3v) is 2.80.